The van der Waals surface area contributed by atoms with Crippen molar-refractivity contribution in [3.05, 3.63) is 82.3 Å². The summed E-state index contributed by atoms with van der Waals surface area (Å²) in [5.41, 5.74) is 2.59. The molecule has 0 bridgehead atoms. The Bertz CT molecular complexity index is 867. The molecule has 2 N–H and O–H groups in total. The number of amides is 2. The Kier molecular flexibility index (Phi) is 5.45. The molecule has 0 aliphatic carbocycles. The van der Waals surface area contributed by atoms with Crippen molar-refractivity contribution in [3.63, 3.8) is 0 Å². The summed E-state index contributed by atoms with van der Waals surface area (Å²) >= 11 is 3.22. The van der Waals surface area contributed by atoms with E-state index in [-0.39, 0.29) is 11.8 Å². The van der Waals surface area contributed by atoms with Gasteiger partial charge in [0.25, 0.3) is 0 Å². The molecule has 0 spiro atoms. The van der Waals surface area contributed by atoms with Crippen molar-refractivity contribution in [2.45, 2.75) is 13.1 Å². The van der Waals surface area contributed by atoms with Crippen LogP contribution < -0.4 is 10.6 Å². The summed E-state index contributed by atoms with van der Waals surface area (Å²) in [4.78, 5) is 12.1. The molecule has 2 amide bonds. The second kappa shape index (κ2) is 7.94. The van der Waals surface area contributed by atoms with Gasteiger partial charge in [0.2, 0.25) is 0 Å². The van der Waals surface area contributed by atoms with Gasteiger partial charge in [-0.15, -0.1) is 0 Å². The van der Waals surface area contributed by atoms with Crippen molar-refractivity contribution in [1.82, 2.24) is 15.1 Å². The summed E-state index contributed by atoms with van der Waals surface area (Å²) < 4.78 is 15.4. The average molecular weight is 403 g/mol. The molecule has 7 heteroatoms. The van der Waals surface area contributed by atoms with E-state index in [1.165, 1.54) is 18.2 Å². The number of urea groups is 1. The molecule has 5 nitrogen and oxygen atoms in total. The minimum atomic E-state index is -0.370. The number of rotatable bonds is 5. The highest BCUT2D eigenvalue weighted by Gasteiger charge is 2.08. The summed E-state index contributed by atoms with van der Waals surface area (Å²) in [6, 6.07) is 13.5. The lowest BCUT2D eigenvalue weighted by Gasteiger charge is -2.12. The fraction of sp³-hybridized carbons (Fsp3) is 0.111. The number of benzene rings is 2. The zero-order valence-electron chi connectivity index (χ0n) is 13.2. The van der Waals surface area contributed by atoms with Crippen molar-refractivity contribution in [2.24, 2.45) is 0 Å². The van der Waals surface area contributed by atoms with E-state index < -0.39 is 0 Å². The number of halogens is 2. The van der Waals surface area contributed by atoms with Crippen LogP contribution in [0.2, 0.25) is 0 Å². The summed E-state index contributed by atoms with van der Waals surface area (Å²) in [6.45, 7) is 1.01. The smallest absolute Gasteiger partial charge is 0.319 e. The van der Waals surface area contributed by atoms with E-state index in [1.54, 1.807) is 6.20 Å². The fourth-order valence-electron chi connectivity index (χ4n) is 2.39. The van der Waals surface area contributed by atoms with Crippen molar-refractivity contribution in [3.8, 4) is 0 Å². The number of anilines is 1. The van der Waals surface area contributed by atoms with Crippen LogP contribution in [0.15, 0.2) is 65.4 Å². The number of aromatic nitrogens is 2. The minimum absolute atomic E-state index is 0.360. The molecule has 2 aromatic carbocycles. The number of nitrogens with one attached hydrogen (secondary N) is 2. The standard InChI is InChI=1S/C18H16BrFN4O/c19-16-10-15(20)6-7-17(16)23-18(25)21-11-13-4-1-2-5-14(13)12-24-9-3-8-22-24/h1-10H,11-12H2,(H2,21,23,25). The van der Waals surface area contributed by atoms with Gasteiger partial charge in [0.15, 0.2) is 0 Å². The Morgan fingerprint density at radius 2 is 1.96 bits per heavy atom. The van der Waals surface area contributed by atoms with Crippen LogP contribution in [0, 0.1) is 5.82 Å². The molecule has 1 heterocycles. The Morgan fingerprint density at radius 1 is 1.16 bits per heavy atom. The van der Waals surface area contributed by atoms with Gasteiger partial charge in [-0.1, -0.05) is 24.3 Å². The number of nitrogens with zero attached hydrogens (tertiary/aromatic N) is 2. The SMILES string of the molecule is O=C(NCc1ccccc1Cn1cccn1)Nc1ccc(F)cc1Br. The highest BCUT2D eigenvalue weighted by Crippen LogP contribution is 2.22. The van der Waals surface area contributed by atoms with Gasteiger partial charge in [-0.2, -0.15) is 5.10 Å². The predicted octanol–water partition coefficient (Wildman–Crippen LogP) is 4.15. The Balaban J connectivity index is 1.62. The number of carbonyl (C=O) groups is 1. The second-order valence-corrected chi connectivity index (χ2v) is 6.26. The molecule has 0 unspecified atom stereocenters. The largest absolute Gasteiger partial charge is 0.334 e. The molecular weight excluding hydrogens is 387 g/mol. The van der Waals surface area contributed by atoms with Gasteiger partial charge in [0.05, 0.1) is 12.2 Å². The van der Waals surface area contributed by atoms with Crippen LogP contribution in [0.25, 0.3) is 0 Å². The van der Waals surface area contributed by atoms with E-state index in [4.69, 9.17) is 0 Å². The molecule has 3 rings (SSSR count). The molecule has 1 aromatic heterocycles. The van der Waals surface area contributed by atoms with E-state index in [0.717, 1.165) is 11.1 Å². The first-order chi connectivity index (χ1) is 12.1. The number of carbonyl (C=O) groups excluding carboxylic acids is 1. The molecule has 0 fully saturated rings. The predicted molar refractivity (Wildman–Crippen MR) is 97.7 cm³/mol. The van der Waals surface area contributed by atoms with E-state index in [9.17, 15) is 9.18 Å². The van der Waals surface area contributed by atoms with Gasteiger partial charge < -0.3 is 10.6 Å². The van der Waals surface area contributed by atoms with Gasteiger partial charge in [-0.25, -0.2) is 9.18 Å². The van der Waals surface area contributed by atoms with E-state index in [1.807, 2.05) is 41.2 Å². The van der Waals surface area contributed by atoms with Crippen LogP contribution in [0.1, 0.15) is 11.1 Å². The van der Waals surface area contributed by atoms with Crippen molar-refractivity contribution < 1.29 is 9.18 Å². The molecule has 128 valence electrons. The molecule has 0 saturated carbocycles. The van der Waals surface area contributed by atoms with Crippen LogP contribution >= 0.6 is 15.9 Å². The van der Waals surface area contributed by atoms with Crippen LogP contribution in [-0.2, 0) is 13.1 Å². The Morgan fingerprint density at radius 3 is 2.68 bits per heavy atom. The lowest BCUT2D eigenvalue weighted by Crippen LogP contribution is -2.28. The summed E-state index contributed by atoms with van der Waals surface area (Å²) in [7, 11) is 0. The third-order valence-corrected chi connectivity index (χ3v) is 4.28. The molecule has 0 radical (unpaired) electrons. The van der Waals surface area contributed by atoms with E-state index in [2.05, 4.69) is 31.7 Å². The zero-order chi connectivity index (χ0) is 17.6. The van der Waals surface area contributed by atoms with Crippen molar-refractivity contribution >= 4 is 27.6 Å². The first-order valence-corrected chi connectivity index (χ1v) is 8.45. The quantitative estimate of drug-likeness (QED) is 0.673. The highest BCUT2D eigenvalue weighted by atomic mass is 79.9. The maximum atomic E-state index is 13.1. The van der Waals surface area contributed by atoms with E-state index in [0.29, 0.717) is 23.2 Å². The first kappa shape index (κ1) is 17.2. The molecule has 0 atom stereocenters. The van der Waals surface area contributed by atoms with Gasteiger partial charge in [-0.05, 0) is 51.3 Å². The molecule has 0 aliphatic rings. The third-order valence-electron chi connectivity index (χ3n) is 3.63. The van der Waals surface area contributed by atoms with Crippen LogP contribution in [0.5, 0.6) is 0 Å². The number of hydrogen-bond donors (Lipinski definition) is 2. The maximum Gasteiger partial charge on any atom is 0.319 e. The van der Waals surface area contributed by atoms with Crippen molar-refractivity contribution in [2.75, 3.05) is 5.32 Å². The molecular formula is C18H16BrFN4O. The molecule has 3 aromatic rings. The average Bonchev–Trinajstić information content (AvgIpc) is 3.10. The number of hydrogen-bond acceptors (Lipinski definition) is 2. The third kappa shape index (κ3) is 4.67. The minimum Gasteiger partial charge on any atom is -0.334 e. The molecule has 25 heavy (non-hydrogen) atoms. The summed E-state index contributed by atoms with van der Waals surface area (Å²) in [6.07, 6.45) is 3.62. The summed E-state index contributed by atoms with van der Waals surface area (Å²) in [5, 5.41) is 9.71. The van der Waals surface area contributed by atoms with Crippen LogP contribution in [0.4, 0.5) is 14.9 Å². The Labute approximate surface area is 153 Å². The van der Waals surface area contributed by atoms with Crippen molar-refractivity contribution in [1.29, 1.82) is 0 Å². The highest BCUT2D eigenvalue weighted by molar-refractivity contribution is 9.10. The normalized spacial score (nSPS) is 10.5. The monoisotopic (exact) mass is 402 g/mol. The molecule has 0 saturated heterocycles. The Hall–Kier alpha value is -2.67. The van der Waals surface area contributed by atoms with Gasteiger partial charge >= 0.3 is 6.03 Å². The lowest BCUT2D eigenvalue weighted by atomic mass is 10.1. The summed E-state index contributed by atoms with van der Waals surface area (Å²) in [5.74, 6) is -0.370. The lowest BCUT2D eigenvalue weighted by molar-refractivity contribution is 0.251. The fourth-order valence-corrected chi connectivity index (χ4v) is 2.84. The zero-order valence-corrected chi connectivity index (χ0v) is 14.8. The van der Waals surface area contributed by atoms with Crippen LogP contribution in [0.3, 0.4) is 0 Å². The maximum absolute atomic E-state index is 13.1. The van der Waals surface area contributed by atoms with Gasteiger partial charge in [-0.3, -0.25) is 4.68 Å². The van der Waals surface area contributed by atoms with Gasteiger partial charge in [0.1, 0.15) is 5.82 Å². The van der Waals surface area contributed by atoms with Gasteiger partial charge in [0, 0.05) is 23.4 Å². The first-order valence-electron chi connectivity index (χ1n) is 7.66. The second-order valence-electron chi connectivity index (χ2n) is 5.40. The molecule has 0 aliphatic heterocycles. The topological polar surface area (TPSA) is 59.0 Å². The van der Waals surface area contributed by atoms with E-state index >= 15 is 0 Å². The van der Waals surface area contributed by atoms with Crippen LogP contribution in [-0.4, -0.2) is 15.8 Å².